The van der Waals surface area contributed by atoms with Crippen LogP contribution in [0.25, 0.3) is 32.7 Å². The monoisotopic (exact) mass is 344 g/mol. The SMILES string of the molecule is Cc1cccc2c3c(ccc12)OS(=O)c1ccc2c(C)cccc2c1-3. The first-order chi connectivity index (χ1) is 12.1. The molecule has 1 atom stereocenters. The van der Waals surface area contributed by atoms with Gasteiger partial charge in [-0.1, -0.05) is 48.5 Å². The van der Waals surface area contributed by atoms with Crippen molar-refractivity contribution in [3.63, 3.8) is 0 Å². The Hall–Kier alpha value is -2.65. The fourth-order valence-corrected chi connectivity index (χ4v) is 4.79. The third-order valence-electron chi connectivity index (χ3n) is 5.08. The predicted molar refractivity (Wildman–Crippen MR) is 103 cm³/mol. The lowest BCUT2D eigenvalue weighted by molar-refractivity contribution is 0.560. The molecule has 122 valence electrons. The molecule has 25 heavy (non-hydrogen) atoms. The highest BCUT2D eigenvalue weighted by Gasteiger charge is 2.27. The lowest BCUT2D eigenvalue weighted by atomic mass is 9.91. The van der Waals surface area contributed by atoms with Gasteiger partial charge in [0.25, 0.3) is 0 Å². The number of hydrogen-bond donors (Lipinski definition) is 0. The second-order valence-electron chi connectivity index (χ2n) is 6.54. The van der Waals surface area contributed by atoms with Crippen molar-refractivity contribution in [2.45, 2.75) is 18.7 Å². The Morgan fingerprint density at radius 2 is 1.28 bits per heavy atom. The van der Waals surface area contributed by atoms with Gasteiger partial charge in [0.1, 0.15) is 5.75 Å². The summed E-state index contributed by atoms with van der Waals surface area (Å²) in [5.41, 5.74) is 4.53. The predicted octanol–water partition coefficient (Wildman–Crippen LogP) is 5.69. The summed E-state index contributed by atoms with van der Waals surface area (Å²) >= 11 is -1.49. The highest BCUT2D eigenvalue weighted by atomic mass is 32.2. The number of benzene rings is 4. The van der Waals surface area contributed by atoms with E-state index >= 15 is 0 Å². The third kappa shape index (κ3) is 1.99. The first-order valence-electron chi connectivity index (χ1n) is 8.30. The van der Waals surface area contributed by atoms with Crippen LogP contribution >= 0.6 is 0 Å². The number of aryl methyl sites for hydroxylation is 2. The molecular formula is C22H16O2S. The van der Waals surface area contributed by atoms with Crippen molar-refractivity contribution in [3.05, 3.63) is 71.8 Å². The van der Waals surface area contributed by atoms with Crippen LogP contribution in [-0.2, 0) is 11.1 Å². The van der Waals surface area contributed by atoms with Crippen molar-refractivity contribution in [2.24, 2.45) is 0 Å². The van der Waals surface area contributed by atoms with Crippen LogP contribution in [0.3, 0.4) is 0 Å². The highest BCUT2D eigenvalue weighted by molar-refractivity contribution is 7.80. The van der Waals surface area contributed by atoms with E-state index < -0.39 is 11.1 Å². The van der Waals surface area contributed by atoms with Crippen molar-refractivity contribution >= 4 is 32.6 Å². The van der Waals surface area contributed by atoms with Gasteiger partial charge in [0, 0.05) is 11.1 Å². The molecule has 3 heteroatoms. The zero-order valence-corrected chi connectivity index (χ0v) is 14.8. The van der Waals surface area contributed by atoms with Gasteiger partial charge in [-0.2, -0.15) is 0 Å². The average molecular weight is 344 g/mol. The molecule has 1 heterocycles. The molecule has 0 saturated carbocycles. The Kier molecular flexibility index (Phi) is 3.03. The van der Waals surface area contributed by atoms with Gasteiger partial charge in [-0.15, -0.1) is 0 Å². The average Bonchev–Trinajstić information content (AvgIpc) is 2.61. The molecule has 1 aliphatic rings. The van der Waals surface area contributed by atoms with Gasteiger partial charge in [-0.05, 0) is 58.7 Å². The fourth-order valence-electron chi connectivity index (χ4n) is 3.84. The van der Waals surface area contributed by atoms with Crippen LogP contribution in [0.2, 0.25) is 0 Å². The summed E-state index contributed by atoms with van der Waals surface area (Å²) in [4.78, 5) is 0.750. The van der Waals surface area contributed by atoms with Gasteiger partial charge in [0.05, 0.1) is 4.90 Å². The van der Waals surface area contributed by atoms with Crippen LogP contribution in [0, 0.1) is 13.8 Å². The summed E-state index contributed by atoms with van der Waals surface area (Å²) in [5, 5.41) is 4.66. The number of fused-ring (bicyclic) bond motifs is 7. The normalized spacial score (nSPS) is 15.7. The minimum atomic E-state index is -1.49. The Morgan fingerprint density at radius 3 is 1.96 bits per heavy atom. The molecule has 0 aromatic heterocycles. The molecule has 0 radical (unpaired) electrons. The number of rotatable bonds is 0. The summed E-state index contributed by atoms with van der Waals surface area (Å²) in [5.74, 6) is 0.693. The molecule has 0 spiro atoms. The molecule has 1 unspecified atom stereocenters. The maximum absolute atomic E-state index is 12.7. The van der Waals surface area contributed by atoms with Gasteiger partial charge in [-0.3, -0.25) is 0 Å². The van der Waals surface area contributed by atoms with Crippen molar-refractivity contribution in [3.8, 4) is 16.9 Å². The number of hydrogen-bond acceptors (Lipinski definition) is 2. The van der Waals surface area contributed by atoms with Crippen molar-refractivity contribution in [1.29, 1.82) is 0 Å². The van der Waals surface area contributed by atoms with E-state index in [1.54, 1.807) is 0 Å². The summed E-state index contributed by atoms with van der Waals surface area (Å²) in [6.07, 6.45) is 0. The van der Waals surface area contributed by atoms with Crippen LogP contribution in [-0.4, -0.2) is 4.21 Å². The molecule has 0 amide bonds. The van der Waals surface area contributed by atoms with Gasteiger partial charge < -0.3 is 4.18 Å². The van der Waals surface area contributed by atoms with Crippen molar-refractivity contribution in [1.82, 2.24) is 0 Å². The second kappa shape index (κ2) is 5.17. The zero-order valence-electron chi connectivity index (χ0n) is 14.0. The molecule has 0 bridgehead atoms. The molecule has 0 saturated heterocycles. The van der Waals surface area contributed by atoms with Crippen LogP contribution in [0.15, 0.2) is 65.6 Å². The second-order valence-corrected chi connectivity index (χ2v) is 7.61. The molecule has 0 fully saturated rings. The minimum absolute atomic E-state index is 0.693. The Bertz CT molecular complexity index is 1210. The topological polar surface area (TPSA) is 26.3 Å². The van der Waals surface area contributed by atoms with Crippen molar-refractivity contribution in [2.75, 3.05) is 0 Å². The molecule has 0 N–H and O–H groups in total. The lowest BCUT2D eigenvalue weighted by Gasteiger charge is -2.23. The van der Waals surface area contributed by atoms with Crippen LogP contribution in [0.1, 0.15) is 11.1 Å². The first kappa shape index (κ1) is 14.7. The summed E-state index contributed by atoms with van der Waals surface area (Å²) in [6, 6.07) is 20.6. The highest BCUT2D eigenvalue weighted by Crippen LogP contribution is 2.47. The van der Waals surface area contributed by atoms with E-state index in [1.165, 1.54) is 21.9 Å². The van der Waals surface area contributed by atoms with Gasteiger partial charge in [-0.25, -0.2) is 4.21 Å². The maximum atomic E-state index is 12.7. The van der Waals surface area contributed by atoms with Crippen LogP contribution in [0.4, 0.5) is 0 Å². The lowest BCUT2D eigenvalue weighted by Crippen LogP contribution is -2.10. The molecule has 1 aliphatic heterocycles. The van der Waals surface area contributed by atoms with Crippen LogP contribution < -0.4 is 4.18 Å². The molecule has 4 aromatic rings. The smallest absolute Gasteiger partial charge is 0.241 e. The third-order valence-corrected chi connectivity index (χ3v) is 6.11. The molecular weight excluding hydrogens is 328 g/mol. The largest absolute Gasteiger partial charge is 0.396 e. The van der Waals surface area contributed by atoms with E-state index in [2.05, 4.69) is 56.3 Å². The van der Waals surface area contributed by atoms with Crippen molar-refractivity contribution < 1.29 is 8.39 Å². The molecule has 4 aromatic carbocycles. The fraction of sp³-hybridized carbons (Fsp3) is 0.0909. The molecule has 0 aliphatic carbocycles. The van der Waals surface area contributed by atoms with E-state index in [-0.39, 0.29) is 0 Å². The van der Waals surface area contributed by atoms with E-state index in [1.807, 2.05) is 18.2 Å². The molecule has 2 nitrogen and oxygen atoms in total. The van der Waals surface area contributed by atoms with Gasteiger partial charge in [0.15, 0.2) is 0 Å². The van der Waals surface area contributed by atoms with Gasteiger partial charge in [0.2, 0.25) is 11.1 Å². The summed E-state index contributed by atoms with van der Waals surface area (Å²) in [7, 11) is 0. The van der Waals surface area contributed by atoms with E-state index in [9.17, 15) is 4.21 Å². The minimum Gasteiger partial charge on any atom is -0.396 e. The van der Waals surface area contributed by atoms with E-state index in [0.29, 0.717) is 5.75 Å². The van der Waals surface area contributed by atoms with Gasteiger partial charge >= 0.3 is 0 Å². The van der Waals surface area contributed by atoms with E-state index in [4.69, 9.17) is 4.18 Å². The summed E-state index contributed by atoms with van der Waals surface area (Å²) < 4.78 is 18.4. The zero-order chi connectivity index (χ0) is 17.1. The Morgan fingerprint density at radius 1 is 0.680 bits per heavy atom. The summed E-state index contributed by atoms with van der Waals surface area (Å²) in [6.45, 7) is 4.23. The first-order valence-corrected chi connectivity index (χ1v) is 9.38. The van der Waals surface area contributed by atoms with E-state index in [0.717, 1.165) is 26.8 Å². The molecule has 5 rings (SSSR count). The quantitative estimate of drug-likeness (QED) is 0.409. The Labute approximate surface area is 148 Å². The maximum Gasteiger partial charge on any atom is 0.241 e. The van der Waals surface area contributed by atoms with Crippen LogP contribution in [0.5, 0.6) is 5.75 Å². The Balaban J connectivity index is 2.03. The standard InChI is InChI=1S/C22H16O2S/c1-13-5-3-7-17-15(13)9-11-19-21(17)22-18-8-4-6-14(2)16(18)10-12-20(22)25(23)24-19/h3-12H,1-2H3.